The zero-order valence-corrected chi connectivity index (χ0v) is 13.1. The van der Waals surface area contributed by atoms with Crippen molar-refractivity contribution in [1.82, 2.24) is 10.2 Å². The van der Waals surface area contributed by atoms with Crippen LogP contribution in [0.4, 0.5) is 0 Å². The van der Waals surface area contributed by atoms with Crippen molar-refractivity contribution < 1.29 is 9.53 Å². The highest BCUT2D eigenvalue weighted by molar-refractivity contribution is 5.72. The van der Waals surface area contributed by atoms with Crippen LogP contribution in [-0.2, 0) is 9.53 Å². The first-order valence-electron chi connectivity index (χ1n) is 8.35. The molecule has 0 bridgehead atoms. The number of hydrogen-bond acceptors (Lipinski definition) is 4. The molecule has 2 fully saturated rings. The fourth-order valence-corrected chi connectivity index (χ4v) is 3.55. The second kappa shape index (κ2) is 7.99. The maximum Gasteiger partial charge on any atom is 0.308 e. The number of rotatable bonds is 6. The molecule has 2 rings (SSSR count). The predicted molar refractivity (Wildman–Crippen MR) is 80.6 cm³/mol. The SMILES string of the molecule is CCOC(=O)C1CCCC(NCC2CCN(CC)C2)C1. The van der Waals surface area contributed by atoms with Gasteiger partial charge in [0.05, 0.1) is 12.5 Å². The van der Waals surface area contributed by atoms with Crippen LogP contribution in [0, 0.1) is 11.8 Å². The average molecular weight is 282 g/mol. The second-order valence-electron chi connectivity index (χ2n) is 6.27. The van der Waals surface area contributed by atoms with Gasteiger partial charge in [-0.1, -0.05) is 13.3 Å². The minimum Gasteiger partial charge on any atom is -0.466 e. The van der Waals surface area contributed by atoms with Crippen LogP contribution in [0.15, 0.2) is 0 Å². The molecule has 20 heavy (non-hydrogen) atoms. The van der Waals surface area contributed by atoms with E-state index < -0.39 is 0 Å². The average Bonchev–Trinajstić information content (AvgIpc) is 2.94. The van der Waals surface area contributed by atoms with E-state index in [1.54, 1.807) is 0 Å². The fourth-order valence-electron chi connectivity index (χ4n) is 3.55. The molecule has 0 aromatic heterocycles. The molecule has 0 radical (unpaired) electrons. The quantitative estimate of drug-likeness (QED) is 0.757. The summed E-state index contributed by atoms with van der Waals surface area (Å²) in [5, 5.41) is 3.70. The first-order chi connectivity index (χ1) is 9.72. The maximum absolute atomic E-state index is 11.8. The van der Waals surface area contributed by atoms with Crippen molar-refractivity contribution in [1.29, 1.82) is 0 Å². The molecule has 1 saturated heterocycles. The summed E-state index contributed by atoms with van der Waals surface area (Å²) >= 11 is 0. The number of carbonyl (C=O) groups excluding carboxylic acids is 1. The largest absolute Gasteiger partial charge is 0.466 e. The van der Waals surface area contributed by atoms with E-state index in [4.69, 9.17) is 4.74 Å². The summed E-state index contributed by atoms with van der Waals surface area (Å²) < 4.78 is 5.16. The summed E-state index contributed by atoms with van der Waals surface area (Å²) in [6, 6.07) is 0.508. The smallest absolute Gasteiger partial charge is 0.308 e. The molecule has 1 aliphatic heterocycles. The summed E-state index contributed by atoms with van der Waals surface area (Å²) in [6.07, 6.45) is 5.63. The Morgan fingerprint density at radius 1 is 1.30 bits per heavy atom. The number of nitrogens with zero attached hydrogens (tertiary/aromatic N) is 1. The van der Waals surface area contributed by atoms with Gasteiger partial charge in [-0.05, 0) is 58.2 Å². The Morgan fingerprint density at radius 3 is 2.85 bits per heavy atom. The Hall–Kier alpha value is -0.610. The van der Waals surface area contributed by atoms with Crippen LogP contribution in [0.1, 0.15) is 46.0 Å². The van der Waals surface area contributed by atoms with E-state index in [1.165, 1.54) is 32.5 Å². The summed E-state index contributed by atoms with van der Waals surface area (Å²) in [6.45, 7) is 9.39. The molecule has 3 unspecified atom stereocenters. The third-order valence-corrected chi connectivity index (χ3v) is 4.81. The zero-order valence-electron chi connectivity index (χ0n) is 13.1. The summed E-state index contributed by atoms with van der Waals surface area (Å²) in [7, 11) is 0. The lowest BCUT2D eigenvalue weighted by Crippen LogP contribution is -2.39. The molecule has 0 amide bonds. The van der Waals surface area contributed by atoms with Crippen molar-refractivity contribution >= 4 is 5.97 Å². The molecule has 3 atom stereocenters. The van der Waals surface area contributed by atoms with Gasteiger partial charge in [-0.25, -0.2) is 0 Å². The molecule has 2 aliphatic rings. The number of ether oxygens (including phenoxy) is 1. The number of esters is 1. The van der Waals surface area contributed by atoms with Crippen LogP contribution < -0.4 is 5.32 Å². The fraction of sp³-hybridized carbons (Fsp3) is 0.938. The zero-order chi connectivity index (χ0) is 14.4. The Kier molecular flexibility index (Phi) is 6.30. The van der Waals surface area contributed by atoms with E-state index >= 15 is 0 Å². The monoisotopic (exact) mass is 282 g/mol. The van der Waals surface area contributed by atoms with Gasteiger partial charge in [0, 0.05) is 12.6 Å². The van der Waals surface area contributed by atoms with E-state index in [0.717, 1.165) is 31.7 Å². The van der Waals surface area contributed by atoms with Crippen molar-refractivity contribution in [2.45, 2.75) is 52.0 Å². The number of nitrogens with one attached hydrogen (secondary N) is 1. The molecule has 0 aromatic rings. The summed E-state index contributed by atoms with van der Waals surface area (Å²) in [4.78, 5) is 14.4. The molecule has 1 N–H and O–H groups in total. The van der Waals surface area contributed by atoms with Gasteiger partial charge in [-0.15, -0.1) is 0 Å². The minimum atomic E-state index is 0.0111. The Labute approximate surface area is 123 Å². The highest BCUT2D eigenvalue weighted by Crippen LogP contribution is 2.26. The van der Waals surface area contributed by atoms with Gasteiger partial charge in [0.25, 0.3) is 0 Å². The van der Waals surface area contributed by atoms with E-state index in [-0.39, 0.29) is 11.9 Å². The van der Waals surface area contributed by atoms with Crippen LogP contribution >= 0.6 is 0 Å². The van der Waals surface area contributed by atoms with Gasteiger partial charge in [0.2, 0.25) is 0 Å². The van der Waals surface area contributed by atoms with E-state index in [9.17, 15) is 4.79 Å². The molecule has 4 nitrogen and oxygen atoms in total. The lowest BCUT2D eigenvalue weighted by molar-refractivity contribution is -0.149. The molecule has 4 heteroatoms. The summed E-state index contributed by atoms with van der Waals surface area (Å²) in [5.41, 5.74) is 0. The third kappa shape index (κ3) is 4.45. The van der Waals surface area contributed by atoms with Crippen LogP contribution in [0.5, 0.6) is 0 Å². The highest BCUT2D eigenvalue weighted by atomic mass is 16.5. The van der Waals surface area contributed by atoms with Crippen molar-refractivity contribution in [3.63, 3.8) is 0 Å². The lowest BCUT2D eigenvalue weighted by Gasteiger charge is -2.29. The molecular formula is C16H30N2O2. The number of hydrogen-bond donors (Lipinski definition) is 1. The van der Waals surface area contributed by atoms with Gasteiger partial charge in [0.15, 0.2) is 0 Å². The molecule has 0 aromatic carbocycles. The first kappa shape index (κ1) is 15.8. The number of carbonyl (C=O) groups is 1. The van der Waals surface area contributed by atoms with Gasteiger partial charge in [-0.2, -0.15) is 0 Å². The lowest BCUT2D eigenvalue weighted by atomic mass is 9.85. The van der Waals surface area contributed by atoms with Crippen LogP contribution in [0.25, 0.3) is 0 Å². The second-order valence-corrected chi connectivity index (χ2v) is 6.27. The Balaban J connectivity index is 1.69. The third-order valence-electron chi connectivity index (χ3n) is 4.81. The molecule has 1 heterocycles. The Morgan fingerprint density at radius 2 is 2.15 bits per heavy atom. The maximum atomic E-state index is 11.8. The first-order valence-corrected chi connectivity index (χ1v) is 8.35. The van der Waals surface area contributed by atoms with Crippen molar-refractivity contribution in [3.8, 4) is 0 Å². The molecule has 0 spiro atoms. The molecule has 1 saturated carbocycles. The van der Waals surface area contributed by atoms with Gasteiger partial charge >= 0.3 is 5.97 Å². The van der Waals surface area contributed by atoms with Crippen molar-refractivity contribution in [3.05, 3.63) is 0 Å². The molecular weight excluding hydrogens is 252 g/mol. The van der Waals surface area contributed by atoms with Crippen molar-refractivity contribution in [2.24, 2.45) is 11.8 Å². The van der Waals surface area contributed by atoms with Gasteiger partial charge in [-0.3, -0.25) is 4.79 Å². The topological polar surface area (TPSA) is 41.6 Å². The van der Waals surface area contributed by atoms with Gasteiger partial charge < -0.3 is 15.0 Å². The molecule has 1 aliphatic carbocycles. The van der Waals surface area contributed by atoms with Gasteiger partial charge in [0.1, 0.15) is 0 Å². The standard InChI is InChI=1S/C16H30N2O2/c1-3-18-9-8-13(12-18)11-17-15-7-5-6-14(10-15)16(19)20-4-2/h13-15,17H,3-12H2,1-2H3. The highest BCUT2D eigenvalue weighted by Gasteiger charge is 2.29. The van der Waals surface area contributed by atoms with Crippen LogP contribution in [0.3, 0.4) is 0 Å². The van der Waals surface area contributed by atoms with E-state index in [2.05, 4.69) is 17.1 Å². The molecule has 116 valence electrons. The Bertz CT molecular complexity index is 309. The van der Waals surface area contributed by atoms with Crippen molar-refractivity contribution in [2.75, 3.05) is 32.8 Å². The predicted octanol–water partition coefficient (Wildman–Crippen LogP) is 2.04. The normalized spacial score (nSPS) is 31.4. The summed E-state index contributed by atoms with van der Waals surface area (Å²) in [5.74, 6) is 0.923. The minimum absolute atomic E-state index is 0.0111. The van der Waals surface area contributed by atoms with E-state index in [0.29, 0.717) is 12.6 Å². The van der Waals surface area contributed by atoms with Crippen LogP contribution in [-0.4, -0.2) is 49.7 Å². The van der Waals surface area contributed by atoms with Crippen LogP contribution in [0.2, 0.25) is 0 Å². The van der Waals surface area contributed by atoms with E-state index in [1.807, 2.05) is 6.92 Å². The number of likely N-dealkylation sites (tertiary alicyclic amines) is 1.